The Kier molecular flexibility index (Phi) is 6.18. The Labute approximate surface area is 156 Å². The van der Waals surface area contributed by atoms with Gasteiger partial charge in [-0.3, -0.25) is 0 Å². The molecule has 3 rings (SSSR count). The number of hydrogen-bond acceptors (Lipinski definition) is 7. The van der Waals surface area contributed by atoms with Crippen LogP contribution < -0.4 is 0 Å². The molecule has 7 nitrogen and oxygen atoms in total. The van der Waals surface area contributed by atoms with E-state index in [-0.39, 0.29) is 13.0 Å². The largest absolute Gasteiger partial charge is 0.459 e. The fourth-order valence-electron chi connectivity index (χ4n) is 2.77. The summed E-state index contributed by atoms with van der Waals surface area (Å²) >= 11 is 0. The topological polar surface area (TPSA) is 102 Å². The minimum atomic E-state index is -1.25. The van der Waals surface area contributed by atoms with Gasteiger partial charge < -0.3 is 24.4 Å². The molecule has 2 aromatic rings. The van der Waals surface area contributed by atoms with Crippen LogP contribution in [0.25, 0.3) is 0 Å². The number of ether oxygens (including phenoxy) is 3. The average Bonchev–Trinajstić information content (AvgIpc) is 2.70. The van der Waals surface area contributed by atoms with Crippen LogP contribution in [-0.4, -0.2) is 53.4 Å². The molecule has 0 aliphatic carbocycles. The molecule has 0 amide bonds. The molecule has 1 saturated heterocycles. The highest BCUT2D eigenvalue weighted by Crippen LogP contribution is 2.23. The molecule has 0 saturated carbocycles. The van der Waals surface area contributed by atoms with Crippen molar-refractivity contribution in [3.63, 3.8) is 0 Å². The van der Waals surface area contributed by atoms with E-state index in [0.717, 1.165) is 0 Å². The third-order valence-electron chi connectivity index (χ3n) is 4.18. The van der Waals surface area contributed by atoms with E-state index in [9.17, 15) is 19.8 Å². The Morgan fingerprint density at radius 1 is 0.926 bits per heavy atom. The van der Waals surface area contributed by atoms with E-state index in [2.05, 4.69) is 0 Å². The first kappa shape index (κ1) is 19.0. The fraction of sp³-hybridized carbons (Fsp3) is 0.300. The molecule has 1 unspecified atom stereocenters. The first-order valence-corrected chi connectivity index (χ1v) is 8.54. The van der Waals surface area contributed by atoms with Crippen molar-refractivity contribution in [1.82, 2.24) is 0 Å². The number of aliphatic hydroxyl groups is 2. The van der Waals surface area contributed by atoms with Gasteiger partial charge in [0.25, 0.3) is 0 Å². The van der Waals surface area contributed by atoms with Gasteiger partial charge in [-0.15, -0.1) is 0 Å². The van der Waals surface area contributed by atoms with E-state index in [4.69, 9.17) is 14.2 Å². The quantitative estimate of drug-likeness (QED) is 0.768. The van der Waals surface area contributed by atoms with E-state index in [0.29, 0.717) is 11.1 Å². The lowest BCUT2D eigenvalue weighted by Gasteiger charge is -2.36. The number of rotatable bonds is 5. The van der Waals surface area contributed by atoms with Gasteiger partial charge in [-0.1, -0.05) is 36.4 Å². The molecule has 7 heteroatoms. The molecular formula is C20H20O7. The standard InChI is InChI=1S/C20H20O7/c21-17-11-15(27-20(24)14-9-5-2-6-10-14)18(22)16(26-17)12-25-19(23)13-7-3-1-4-8-13/h1-10,15-18,21-22H,11-12H2/t15-,16-,17?,18-/m1/s1. The van der Waals surface area contributed by atoms with Crippen molar-refractivity contribution in [2.45, 2.75) is 31.0 Å². The minimum absolute atomic E-state index is 0.0805. The summed E-state index contributed by atoms with van der Waals surface area (Å²) < 4.78 is 15.7. The number of esters is 2. The molecule has 27 heavy (non-hydrogen) atoms. The van der Waals surface area contributed by atoms with Gasteiger partial charge in [-0.05, 0) is 24.3 Å². The van der Waals surface area contributed by atoms with Crippen LogP contribution >= 0.6 is 0 Å². The van der Waals surface area contributed by atoms with Crippen LogP contribution in [0.4, 0.5) is 0 Å². The number of hydrogen-bond donors (Lipinski definition) is 2. The highest BCUT2D eigenvalue weighted by molar-refractivity contribution is 5.89. The fourth-order valence-corrected chi connectivity index (χ4v) is 2.77. The van der Waals surface area contributed by atoms with Gasteiger partial charge in [0.15, 0.2) is 6.29 Å². The second kappa shape index (κ2) is 8.77. The maximum atomic E-state index is 12.2. The molecule has 0 bridgehead atoms. The second-order valence-electron chi connectivity index (χ2n) is 6.13. The number of carbonyl (C=O) groups is 2. The lowest BCUT2D eigenvalue weighted by molar-refractivity contribution is -0.239. The summed E-state index contributed by atoms with van der Waals surface area (Å²) in [5.74, 6) is -1.20. The molecule has 1 fully saturated rings. The van der Waals surface area contributed by atoms with Gasteiger partial charge in [0, 0.05) is 6.42 Å². The Balaban J connectivity index is 1.59. The van der Waals surface area contributed by atoms with Crippen LogP contribution in [0.5, 0.6) is 0 Å². The van der Waals surface area contributed by atoms with Crippen molar-refractivity contribution in [3.8, 4) is 0 Å². The van der Waals surface area contributed by atoms with E-state index >= 15 is 0 Å². The summed E-state index contributed by atoms with van der Waals surface area (Å²) in [5.41, 5.74) is 0.688. The third-order valence-corrected chi connectivity index (χ3v) is 4.18. The Morgan fingerprint density at radius 2 is 1.48 bits per heavy atom. The van der Waals surface area contributed by atoms with Crippen molar-refractivity contribution >= 4 is 11.9 Å². The second-order valence-corrected chi connectivity index (χ2v) is 6.13. The van der Waals surface area contributed by atoms with Crippen LogP contribution in [0, 0.1) is 0 Å². The van der Waals surface area contributed by atoms with E-state index in [1.807, 2.05) is 0 Å². The SMILES string of the molecule is O=C(OC[C@H]1OC(O)C[C@@H](OC(=O)c2ccccc2)[C@H]1O)c1ccccc1. The Morgan fingerprint density at radius 3 is 2.07 bits per heavy atom. The molecule has 1 aliphatic heterocycles. The van der Waals surface area contributed by atoms with Crippen LogP contribution in [0.3, 0.4) is 0 Å². The lowest BCUT2D eigenvalue weighted by Crippen LogP contribution is -2.52. The van der Waals surface area contributed by atoms with Crippen LogP contribution in [-0.2, 0) is 14.2 Å². The van der Waals surface area contributed by atoms with Crippen molar-refractivity contribution in [2.75, 3.05) is 6.61 Å². The zero-order valence-electron chi connectivity index (χ0n) is 14.4. The predicted octanol–water partition coefficient (Wildman–Crippen LogP) is 1.54. The average molecular weight is 372 g/mol. The molecule has 2 aromatic carbocycles. The third kappa shape index (κ3) is 4.91. The lowest BCUT2D eigenvalue weighted by atomic mass is 10.0. The van der Waals surface area contributed by atoms with Gasteiger partial charge in [0.05, 0.1) is 11.1 Å². The molecule has 1 heterocycles. The Bertz CT molecular complexity index is 762. The van der Waals surface area contributed by atoms with Crippen molar-refractivity contribution in [3.05, 3.63) is 71.8 Å². The van der Waals surface area contributed by atoms with E-state index in [1.165, 1.54) is 0 Å². The summed E-state index contributed by atoms with van der Waals surface area (Å²) in [6, 6.07) is 16.7. The maximum Gasteiger partial charge on any atom is 0.338 e. The van der Waals surface area contributed by atoms with Crippen LogP contribution in [0.15, 0.2) is 60.7 Å². The molecule has 142 valence electrons. The summed E-state index contributed by atoms with van der Waals surface area (Å²) in [6.45, 7) is -0.286. The van der Waals surface area contributed by atoms with Crippen molar-refractivity contribution < 1.29 is 34.0 Å². The zero-order valence-corrected chi connectivity index (χ0v) is 14.4. The van der Waals surface area contributed by atoms with Crippen LogP contribution in [0.2, 0.25) is 0 Å². The van der Waals surface area contributed by atoms with Gasteiger partial charge >= 0.3 is 11.9 Å². The van der Waals surface area contributed by atoms with Crippen molar-refractivity contribution in [2.24, 2.45) is 0 Å². The van der Waals surface area contributed by atoms with Gasteiger partial charge in [0.2, 0.25) is 0 Å². The highest BCUT2D eigenvalue weighted by Gasteiger charge is 2.40. The summed E-state index contributed by atoms with van der Waals surface area (Å²) in [5, 5.41) is 20.3. The molecule has 0 spiro atoms. The molecule has 4 atom stereocenters. The smallest absolute Gasteiger partial charge is 0.338 e. The van der Waals surface area contributed by atoms with E-state index in [1.54, 1.807) is 60.7 Å². The van der Waals surface area contributed by atoms with Crippen molar-refractivity contribution in [1.29, 1.82) is 0 Å². The normalized spacial score (nSPS) is 24.8. The molecule has 0 radical (unpaired) electrons. The molecule has 2 N–H and O–H groups in total. The number of aliphatic hydroxyl groups excluding tert-OH is 2. The highest BCUT2D eigenvalue weighted by atomic mass is 16.6. The van der Waals surface area contributed by atoms with Gasteiger partial charge in [-0.2, -0.15) is 0 Å². The number of carbonyl (C=O) groups excluding carboxylic acids is 2. The van der Waals surface area contributed by atoms with Gasteiger partial charge in [0.1, 0.15) is 24.9 Å². The zero-order chi connectivity index (χ0) is 19.2. The predicted molar refractivity (Wildman–Crippen MR) is 93.9 cm³/mol. The summed E-state index contributed by atoms with van der Waals surface area (Å²) in [7, 11) is 0. The number of benzene rings is 2. The molecule has 1 aliphatic rings. The van der Waals surface area contributed by atoms with E-state index < -0.39 is 36.5 Å². The monoisotopic (exact) mass is 372 g/mol. The first-order chi connectivity index (χ1) is 13.0. The first-order valence-electron chi connectivity index (χ1n) is 8.54. The Hall–Kier alpha value is -2.74. The maximum absolute atomic E-state index is 12.2. The van der Waals surface area contributed by atoms with Crippen LogP contribution in [0.1, 0.15) is 27.1 Å². The summed E-state index contributed by atoms with van der Waals surface area (Å²) in [4.78, 5) is 24.2. The minimum Gasteiger partial charge on any atom is -0.459 e. The van der Waals surface area contributed by atoms with Gasteiger partial charge in [-0.25, -0.2) is 9.59 Å². The summed E-state index contributed by atoms with van der Waals surface area (Å²) in [6.07, 6.45) is -4.58. The molecule has 0 aromatic heterocycles. The molecular weight excluding hydrogens is 352 g/mol.